The molecule has 1 amide bonds. The van der Waals surface area contributed by atoms with E-state index < -0.39 is 10.0 Å². The van der Waals surface area contributed by atoms with Crippen molar-refractivity contribution < 1.29 is 17.9 Å². The van der Waals surface area contributed by atoms with Gasteiger partial charge in [-0.1, -0.05) is 53.5 Å². The monoisotopic (exact) mass is 506 g/mol. The number of hydrogen-bond donors (Lipinski definition) is 1. The minimum atomic E-state index is -3.63. The molecule has 174 valence electrons. The molecule has 0 radical (unpaired) electrons. The fourth-order valence-electron chi connectivity index (χ4n) is 3.13. The lowest BCUT2D eigenvalue weighted by molar-refractivity contribution is 0.0947. The fourth-order valence-corrected chi connectivity index (χ4v) is 4.47. The van der Waals surface area contributed by atoms with Crippen LogP contribution in [0.1, 0.15) is 21.5 Å². The number of amides is 1. The highest BCUT2D eigenvalue weighted by atomic mass is 35.5. The molecule has 3 aromatic carbocycles. The molecular formula is C24H24Cl2N2O4S. The molecule has 33 heavy (non-hydrogen) atoms. The van der Waals surface area contributed by atoms with Crippen LogP contribution in [0.2, 0.25) is 10.0 Å². The number of ether oxygens (including phenoxy) is 1. The Kier molecular flexibility index (Phi) is 8.24. The maximum Gasteiger partial charge on any atom is 0.251 e. The molecule has 0 fully saturated rings. The molecule has 0 unspecified atom stereocenters. The number of benzene rings is 3. The predicted octanol–water partition coefficient (Wildman–Crippen LogP) is 5.08. The first-order chi connectivity index (χ1) is 15.6. The van der Waals surface area contributed by atoms with Gasteiger partial charge in [0.15, 0.2) is 0 Å². The number of carbonyl (C=O) groups is 1. The first-order valence-electron chi connectivity index (χ1n) is 10.1. The van der Waals surface area contributed by atoms with Crippen molar-refractivity contribution in [2.24, 2.45) is 0 Å². The molecule has 0 aliphatic carbocycles. The topological polar surface area (TPSA) is 75.7 Å². The van der Waals surface area contributed by atoms with Crippen LogP contribution in [-0.2, 0) is 16.6 Å². The van der Waals surface area contributed by atoms with Gasteiger partial charge in [0.05, 0.1) is 35.1 Å². The molecule has 0 aliphatic heterocycles. The lowest BCUT2D eigenvalue weighted by Gasteiger charge is -2.24. The summed E-state index contributed by atoms with van der Waals surface area (Å²) < 4.78 is 31.6. The molecule has 0 aliphatic rings. The summed E-state index contributed by atoms with van der Waals surface area (Å²) in [6.45, 7) is 2.73. The molecule has 1 N–H and O–H groups in total. The second-order valence-corrected chi connectivity index (χ2v) is 10.2. The van der Waals surface area contributed by atoms with Crippen molar-refractivity contribution in [2.45, 2.75) is 13.5 Å². The first-order valence-corrected chi connectivity index (χ1v) is 12.7. The number of carbonyl (C=O) groups excluding carboxylic acids is 1. The molecule has 0 spiro atoms. The van der Waals surface area contributed by atoms with E-state index in [2.05, 4.69) is 5.32 Å². The average Bonchev–Trinajstić information content (AvgIpc) is 2.77. The normalized spacial score (nSPS) is 11.2. The van der Waals surface area contributed by atoms with Crippen LogP contribution in [0, 0.1) is 6.92 Å². The standard InChI is InChI=1S/C24H24Cl2N2O4S/c1-17-5-3-6-20(15-17)32-14-13-27-24(29)19-11-9-18(10-12-19)16-28(33(2,30)31)22-8-4-7-21(25)23(22)26/h3-12,15H,13-14,16H2,1-2H3,(H,27,29). The zero-order chi connectivity index (χ0) is 24.0. The number of sulfonamides is 1. The van der Waals surface area contributed by atoms with Crippen LogP contribution in [0.25, 0.3) is 0 Å². The maximum atomic E-state index is 12.4. The molecule has 9 heteroatoms. The van der Waals surface area contributed by atoms with E-state index in [4.69, 9.17) is 27.9 Å². The molecule has 0 aromatic heterocycles. The van der Waals surface area contributed by atoms with Crippen molar-refractivity contribution in [1.82, 2.24) is 5.32 Å². The summed E-state index contributed by atoms with van der Waals surface area (Å²) in [6, 6.07) is 19.2. The number of nitrogens with one attached hydrogen (secondary N) is 1. The Morgan fingerprint density at radius 2 is 1.73 bits per heavy atom. The van der Waals surface area contributed by atoms with E-state index in [1.165, 1.54) is 4.31 Å². The van der Waals surface area contributed by atoms with Crippen LogP contribution < -0.4 is 14.4 Å². The molecule has 0 atom stereocenters. The highest BCUT2D eigenvalue weighted by molar-refractivity contribution is 7.92. The third-order valence-corrected chi connectivity index (χ3v) is 6.72. The van der Waals surface area contributed by atoms with Gasteiger partial charge >= 0.3 is 0 Å². The van der Waals surface area contributed by atoms with E-state index in [1.54, 1.807) is 42.5 Å². The average molecular weight is 507 g/mol. The number of aryl methyl sites for hydroxylation is 1. The highest BCUT2D eigenvalue weighted by Gasteiger charge is 2.21. The van der Waals surface area contributed by atoms with Gasteiger partial charge < -0.3 is 10.1 Å². The Morgan fingerprint density at radius 3 is 2.39 bits per heavy atom. The maximum absolute atomic E-state index is 12.4. The highest BCUT2D eigenvalue weighted by Crippen LogP contribution is 2.34. The third kappa shape index (κ3) is 6.87. The molecule has 0 heterocycles. The molecule has 0 saturated heterocycles. The van der Waals surface area contributed by atoms with E-state index in [9.17, 15) is 13.2 Å². The van der Waals surface area contributed by atoms with Gasteiger partial charge in [0, 0.05) is 5.56 Å². The third-order valence-electron chi connectivity index (χ3n) is 4.79. The molecule has 0 bridgehead atoms. The molecule has 6 nitrogen and oxygen atoms in total. The lowest BCUT2D eigenvalue weighted by Crippen LogP contribution is -2.30. The van der Waals surface area contributed by atoms with E-state index in [-0.39, 0.29) is 22.5 Å². The largest absolute Gasteiger partial charge is 0.492 e. The van der Waals surface area contributed by atoms with Crippen molar-refractivity contribution in [3.05, 3.63) is 93.5 Å². The van der Waals surface area contributed by atoms with Gasteiger partial charge in [-0.05, 0) is 54.4 Å². The SMILES string of the molecule is Cc1cccc(OCCNC(=O)c2ccc(CN(c3cccc(Cl)c3Cl)S(C)(=O)=O)cc2)c1. The zero-order valence-corrected chi connectivity index (χ0v) is 20.5. The van der Waals surface area contributed by atoms with Crippen LogP contribution in [0.5, 0.6) is 5.75 Å². The van der Waals surface area contributed by atoms with Gasteiger partial charge in [0.25, 0.3) is 5.91 Å². The second kappa shape index (κ2) is 10.9. The van der Waals surface area contributed by atoms with Gasteiger partial charge in [0.1, 0.15) is 12.4 Å². The Bertz CT molecular complexity index is 1230. The van der Waals surface area contributed by atoms with Gasteiger partial charge in [-0.2, -0.15) is 0 Å². The molecule has 3 rings (SSSR count). The Labute approximate surface area is 204 Å². The van der Waals surface area contributed by atoms with Crippen molar-refractivity contribution >= 4 is 44.8 Å². The van der Waals surface area contributed by atoms with Crippen LogP contribution in [0.3, 0.4) is 0 Å². The number of halogens is 2. The fraction of sp³-hybridized carbons (Fsp3) is 0.208. The van der Waals surface area contributed by atoms with Gasteiger partial charge in [-0.25, -0.2) is 8.42 Å². The minimum absolute atomic E-state index is 0.0468. The van der Waals surface area contributed by atoms with Crippen LogP contribution in [0.15, 0.2) is 66.7 Å². The van der Waals surface area contributed by atoms with Gasteiger partial charge in [-0.15, -0.1) is 0 Å². The number of anilines is 1. The minimum Gasteiger partial charge on any atom is -0.492 e. The lowest BCUT2D eigenvalue weighted by atomic mass is 10.1. The molecule has 0 saturated carbocycles. The zero-order valence-electron chi connectivity index (χ0n) is 18.2. The number of nitrogens with zero attached hydrogens (tertiary/aromatic N) is 1. The second-order valence-electron chi connectivity index (χ2n) is 7.46. The number of hydrogen-bond acceptors (Lipinski definition) is 4. The van der Waals surface area contributed by atoms with Crippen molar-refractivity contribution in [2.75, 3.05) is 23.7 Å². The Hall–Kier alpha value is -2.74. The van der Waals surface area contributed by atoms with Crippen molar-refractivity contribution in [3.8, 4) is 5.75 Å². The first kappa shape index (κ1) is 24.9. The summed E-state index contributed by atoms with van der Waals surface area (Å²) in [5.41, 5.74) is 2.54. The van der Waals surface area contributed by atoms with E-state index >= 15 is 0 Å². The summed E-state index contributed by atoms with van der Waals surface area (Å²) in [5, 5.41) is 3.23. The van der Waals surface area contributed by atoms with Crippen LogP contribution in [0.4, 0.5) is 5.69 Å². The van der Waals surface area contributed by atoms with Crippen molar-refractivity contribution in [3.63, 3.8) is 0 Å². The Morgan fingerprint density at radius 1 is 1.03 bits per heavy atom. The summed E-state index contributed by atoms with van der Waals surface area (Å²) in [5.74, 6) is 0.510. The quantitative estimate of drug-likeness (QED) is 0.410. The van der Waals surface area contributed by atoms with Gasteiger partial charge in [-0.3, -0.25) is 9.10 Å². The van der Waals surface area contributed by atoms with E-state index in [0.29, 0.717) is 30.0 Å². The summed E-state index contributed by atoms with van der Waals surface area (Å²) in [6.07, 6.45) is 1.10. The summed E-state index contributed by atoms with van der Waals surface area (Å²) in [4.78, 5) is 12.4. The summed E-state index contributed by atoms with van der Waals surface area (Å²) in [7, 11) is -3.63. The molecular weight excluding hydrogens is 483 g/mol. The van der Waals surface area contributed by atoms with E-state index in [1.807, 2.05) is 31.2 Å². The number of rotatable bonds is 9. The Balaban J connectivity index is 1.61. The van der Waals surface area contributed by atoms with Crippen LogP contribution in [-0.4, -0.2) is 33.7 Å². The smallest absolute Gasteiger partial charge is 0.251 e. The summed E-state index contributed by atoms with van der Waals surface area (Å²) >= 11 is 12.3. The van der Waals surface area contributed by atoms with E-state index in [0.717, 1.165) is 17.6 Å². The van der Waals surface area contributed by atoms with Crippen molar-refractivity contribution in [1.29, 1.82) is 0 Å². The predicted molar refractivity (Wildman–Crippen MR) is 133 cm³/mol. The van der Waals surface area contributed by atoms with Crippen LogP contribution >= 0.6 is 23.2 Å². The molecule has 3 aromatic rings. The van der Waals surface area contributed by atoms with Gasteiger partial charge in [0.2, 0.25) is 10.0 Å².